The van der Waals surface area contributed by atoms with Gasteiger partial charge < -0.3 is 4.74 Å². The number of nitrogens with zero attached hydrogens (tertiary/aromatic N) is 1. The molecule has 0 spiro atoms. The maximum Gasteiger partial charge on any atom is 0.418 e. The highest BCUT2D eigenvalue weighted by Crippen LogP contribution is 2.22. The molecule has 0 bridgehead atoms. The van der Waals surface area contributed by atoms with E-state index in [1.165, 1.54) is 5.56 Å². The number of ether oxygens (including phenoxy) is 1. The van der Waals surface area contributed by atoms with E-state index in [1.54, 1.807) is 4.57 Å². The van der Waals surface area contributed by atoms with Crippen LogP contribution in [-0.2, 0) is 11.2 Å². The van der Waals surface area contributed by atoms with Gasteiger partial charge in [-0.15, -0.1) is 0 Å². The first-order chi connectivity index (χ1) is 8.63. The van der Waals surface area contributed by atoms with Crippen LogP contribution in [0.4, 0.5) is 4.79 Å². The molecule has 0 radical (unpaired) electrons. The number of aromatic nitrogens is 1. The molecule has 18 heavy (non-hydrogen) atoms. The van der Waals surface area contributed by atoms with Gasteiger partial charge in [-0.3, -0.25) is 4.57 Å². The summed E-state index contributed by atoms with van der Waals surface area (Å²) in [6.07, 6.45) is 3.53. The van der Waals surface area contributed by atoms with Crippen LogP contribution in [0.3, 0.4) is 0 Å². The zero-order valence-corrected chi connectivity index (χ0v) is 11.1. The molecule has 0 saturated carbocycles. The van der Waals surface area contributed by atoms with Gasteiger partial charge in [0, 0.05) is 11.6 Å². The predicted molar refractivity (Wildman–Crippen MR) is 72.9 cm³/mol. The second kappa shape index (κ2) is 5.25. The largest absolute Gasteiger partial charge is 0.446 e. The van der Waals surface area contributed by atoms with Crippen LogP contribution in [0.15, 0.2) is 30.5 Å². The molecule has 0 aliphatic carbocycles. The van der Waals surface area contributed by atoms with Crippen LogP contribution < -0.4 is 0 Å². The van der Waals surface area contributed by atoms with E-state index in [0.717, 1.165) is 23.7 Å². The van der Waals surface area contributed by atoms with Crippen molar-refractivity contribution >= 4 is 17.0 Å². The van der Waals surface area contributed by atoms with E-state index >= 15 is 0 Å². The van der Waals surface area contributed by atoms with Crippen LogP contribution in [0.25, 0.3) is 10.9 Å². The molecule has 0 atom stereocenters. The van der Waals surface area contributed by atoms with Crippen molar-refractivity contribution in [2.75, 3.05) is 0 Å². The molecule has 1 heterocycles. The van der Waals surface area contributed by atoms with Gasteiger partial charge in [0.1, 0.15) is 0 Å². The summed E-state index contributed by atoms with van der Waals surface area (Å²) in [5.74, 6) is 0. The van der Waals surface area contributed by atoms with Crippen LogP contribution in [0.1, 0.15) is 32.8 Å². The molecule has 2 aromatic rings. The van der Waals surface area contributed by atoms with E-state index in [4.69, 9.17) is 4.74 Å². The normalized spacial score (nSPS) is 11.1. The van der Waals surface area contributed by atoms with Gasteiger partial charge in [0.15, 0.2) is 0 Å². The van der Waals surface area contributed by atoms with Crippen LogP contribution in [0, 0.1) is 0 Å². The Morgan fingerprint density at radius 3 is 2.72 bits per heavy atom. The van der Waals surface area contributed by atoms with E-state index in [9.17, 15) is 4.79 Å². The highest BCUT2D eigenvalue weighted by atomic mass is 16.6. The molecule has 0 saturated heterocycles. The van der Waals surface area contributed by atoms with Crippen molar-refractivity contribution < 1.29 is 9.53 Å². The van der Waals surface area contributed by atoms with Gasteiger partial charge in [-0.1, -0.05) is 31.5 Å². The molecule has 0 aliphatic rings. The maximum atomic E-state index is 12.0. The molecular formula is C15H19NO2. The SMILES string of the molecule is CCCc1cn(C(=O)OC(C)C)c2ccccc12. The second-order valence-corrected chi connectivity index (χ2v) is 4.72. The average molecular weight is 245 g/mol. The molecule has 3 heteroatoms. The van der Waals surface area contributed by atoms with E-state index in [2.05, 4.69) is 13.0 Å². The summed E-state index contributed by atoms with van der Waals surface area (Å²) in [7, 11) is 0. The molecular weight excluding hydrogens is 226 g/mol. The number of hydrogen-bond donors (Lipinski definition) is 0. The van der Waals surface area contributed by atoms with Crippen molar-refractivity contribution in [1.29, 1.82) is 0 Å². The number of rotatable bonds is 3. The second-order valence-electron chi connectivity index (χ2n) is 4.72. The van der Waals surface area contributed by atoms with E-state index in [0.29, 0.717) is 0 Å². The molecule has 1 aromatic heterocycles. The third kappa shape index (κ3) is 2.40. The fourth-order valence-corrected chi connectivity index (χ4v) is 2.13. The number of para-hydroxylation sites is 1. The monoisotopic (exact) mass is 245 g/mol. The summed E-state index contributed by atoms with van der Waals surface area (Å²) in [4.78, 5) is 12.0. The van der Waals surface area contributed by atoms with Gasteiger partial charge in [-0.05, 0) is 31.9 Å². The number of carbonyl (C=O) groups is 1. The molecule has 0 unspecified atom stereocenters. The smallest absolute Gasteiger partial charge is 0.418 e. The quantitative estimate of drug-likeness (QED) is 0.818. The minimum absolute atomic E-state index is 0.103. The third-order valence-corrected chi connectivity index (χ3v) is 2.85. The summed E-state index contributed by atoms with van der Waals surface area (Å²) in [5, 5.41) is 1.14. The van der Waals surface area contributed by atoms with Crippen molar-refractivity contribution in [3.63, 3.8) is 0 Å². The fourth-order valence-electron chi connectivity index (χ4n) is 2.13. The van der Waals surface area contributed by atoms with Crippen molar-refractivity contribution in [3.05, 3.63) is 36.0 Å². The Bertz CT molecular complexity index is 555. The summed E-state index contributed by atoms with van der Waals surface area (Å²) >= 11 is 0. The summed E-state index contributed by atoms with van der Waals surface area (Å²) in [5.41, 5.74) is 2.13. The third-order valence-electron chi connectivity index (χ3n) is 2.85. The molecule has 0 N–H and O–H groups in total. The van der Waals surface area contributed by atoms with Crippen molar-refractivity contribution in [2.45, 2.75) is 39.7 Å². The Kier molecular flexibility index (Phi) is 3.70. The van der Waals surface area contributed by atoms with Gasteiger partial charge in [-0.25, -0.2) is 4.79 Å². The highest BCUT2D eigenvalue weighted by Gasteiger charge is 2.14. The Morgan fingerprint density at radius 2 is 2.06 bits per heavy atom. The predicted octanol–water partition coefficient (Wildman–Crippen LogP) is 3.99. The Labute approximate surface area is 107 Å². The summed E-state index contributed by atoms with van der Waals surface area (Å²) in [6, 6.07) is 7.95. The van der Waals surface area contributed by atoms with Gasteiger partial charge in [0.05, 0.1) is 11.6 Å². The van der Waals surface area contributed by atoms with Gasteiger partial charge >= 0.3 is 6.09 Å². The van der Waals surface area contributed by atoms with Crippen LogP contribution in [0.2, 0.25) is 0 Å². The first-order valence-corrected chi connectivity index (χ1v) is 6.43. The van der Waals surface area contributed by atoms with Crippen molar-refractivity contribution in [3.8, 4) is 0 Å². The lowest BCUT2D eigenvalue weighted by Crippen LogP contribution is -2.17. The topological polar surface area (TPSA) is 31.2 Å². The molecule has 3 nitrogen and oxygen atoms in total. The lowest BCUT2D eigenvalue weighted by molar-refractivity contribution is 0.118. The van der Waals surface area contributed by atoms with Gasteiger partial charge in [-0.2, -0.15) is 0 Å². The number of hydrogen-bond acceptors (Lipinski definition) is 2. The molecule has 2 rings (SSSR count). The minimum atomic E-state index is -0.302. The molecule has 0 amide bonds. The fraction of sp³-hybridized carbons (Fsp3) is 0.400. The first-order valence-electron chi connectivity index (χ1n) is 6.43. The van der Waals surface area contributed by atoms with Crippen LogP contribution in [0.5, 0.6) is 0 Å². The van der Waals surface area contributed by atoms with Crippen LogP contribution >= 0.6 is 0 Å². The lowest BCUT2D eigenvalue weighted by Gasteiger charge is -2.08. The molecule has 0 fully saturated rings. The Hall–Kier alpha value is -1.77. The maximum absolute atomic E-state index is 12.0. The van der Waals surface area contributed by atoms with E-state index in [1.807, 2.05) is 38.2 Å². The summed E-state index contributed by atoms with van der Waals surface area (Å²) in [6.45, 7) is 5.85. The van der Waals surface area contributed by atoms with E-state index in [-0.39, 0.29) is 12.2 Å². The highest BCUT2D eigenvalue weighted by molar-refractivity contribution is 5.91. The standard InChI is InChI=1S/C15H19NO2/c1-4-7-12-10-16(15(17)18-11(2)3)14-9-6-5-8-13(12)14/h5-6,8-11H,4,7H2,1-3H3. The average Bonchev–Trinajstić information content (AvgIpc) is 2.68. The van der Waals surface area contributed by atoms with Gasteiger partial charge in [0.2, 0.25) is 0 Å². The summed E-state index contributed by atoms with van der Waals surface area (Å²) < 4.78 is 6.87. The van der Waals surface area contributed by atoms with Crippen molar-refractivity contribution in [1.82, 2.24) is 4.57 Å². The Balaban J connectivity index is 2.47. The van der Waals surface area contributed by atoms with E-state index < -0.39 is 0 Å². The zero-order valence-electron chi connectivity index (χ0n) is 11.1. The lowest BCUT2D eigenvalue weighted by atomic mass is 10.1. The Morgan fingerprint density at radius 1 is 1.33 bits per heavy atom. The number of aryl methyl sites for hydroxylation is 1. The molecule has 0 aliphatic heterocycles. The number of benzene rings is 1. The molecule has 1 aromatic carbocycles. The first kappa shape index (κ1) is 12.7. The molecule has 96 valence electrons. The zero-order chi connectivity index (χ0) is 13.1. The number of fused-ring (bicyclic) bond motifs is 1. The van der Waals surface area contributed by atoms with Gasteiger partial charge in [0.25, 0.3) is 0 Å². The minimum Gasteiger partial charge on any atom is -0.446 e. The van der Waals surface area contributed by atoms with Crippen molar-refractivity contribution in [2.24, 2.45) is 0 Å². The van der Waals surface area contributed by atoms with Crippen LogP contribution in [-0.4, -0.2) is 16.8 Å². The number of carbonyl (C=O) groups excluding carboxylic acids is 1.